The summed E-state index contributed by atoms with van der Waals surface area (Å²) in [5.41, 5.74) is 1.44. The number of hydrogen-bond donors (Lipinski definition) is 0. The number of nitriles is 2. The minimum atomic E-state index is -0.509. The third-order valence-corrected chi connectivity index (χ3v) is 7.24. The minimum Gasteiger partial charge on any atom is -0.353 e. The van der Waals surface area contributed by atoms with Gasteiger partial charge in [-0.3, -0.25) is 0 Å². The van der Waals surface area contributed by atoms with Crippen molar-refractivity contribution in [1.29, 1.82) is 10.5 Å². The van der Waals surface area contributed by atoms with Crippen LogP contribution in [0.2, 0.25) is 0 Å². The molecule has 3 heteroatoms. The number of rotatable bonds is 1. The fourth-order valence-electron chi connectivity index (χ4n) is 6.64. The maximum Gasteiger partial charge on any atom is 0.163 e. The first-order chi connectivity index (χ1) is 11.2. The van der Waals surface area contributed by atoms with E-state index in [-0.39, 0.29) is 16.9 Å². The third-order valence-electron chi connectivity index (χ3n) is 7.24. The standard InChI is InChI=1S/C20H20N2O/c21-11-17-18(12-22)23-20(17)15-6-13-7-16(20)10-19(8-13,9-15)14-4-2-1-3-5-14/h1-5,13,15-18H,6-10H2/t13?,15-,16+,17-,18-,19?,20?/m1/s1. The highest BCUT2D eigenvalue weighted by Gasteiger charge is 2.72. The lowest BCUT2D eigenvalue weighted by atomic mass is 9.40. The first-order valence-electron chi connectivity index (χ1n) is 8.74. The maximum atomic E-state index is 9.64. The van der Waals surface area contributed by atoms with E-state index >= 15 is 0 Å². The van der Waals surface area contributed by atoms with Crippen molar-refractivity contribution < 1.29 is 4.74 Å². The van der Waals surface area contributed by atoms with Crippen molar-refractivity contribution in [2.45, 2.75) is 49.2 Å². The summed E-state index contributed by atoms with van der Waals surface area (Å²) >= 11 is 0. The second kappa shape index (κ2) is 4.37. The van der Waals surface area contributed by atoms with Crippen LogP contribution in [0.4, 0.5) is 0 Å². The van der Waals surface area contributed by atoms with Gasteiger partial charge in [0.25, 0.3) is 0 Å². The molecule has 1 saturated heterocycles. The zero-order valence-corrected chi connectivity index (χ0v) is 13.1. The Bertz CT molecular complexity index is 712. The number of hydrogen-bond acceptors (Lipinski definition) is 3. The van der Waals surface area contributed by atoms with Crippen LogP contribution in [0.3, 0.4) is 0 Å². The third kappa shape index (κ3) is 1.52. The number of ether oxygens (including phenoxy) is 1. The molecule has 3 nitrogen and oxygen atoms in total. The highest BCUT2D eigenvalue weighted by atomic mass is 16.5. The van der Waals surface area contributed by atoms with Gasteiger partial charge in [0.05, 0.1) is 17.7 Å². The van der Waals surface area contributed by atoms with Crippen molar-refractivity contribution in [2.75, 3.05) is 0 Å². The van der Waals surface area contributed by atoms with Crippen LogP contribution in [0.1, 0.15) is 37.7 Å². The second-order valence-corrected chi connectivity index (χ2v) is 8.12. The average molecular weight is 304 g/mol. The van der Waals surface area contributed by atoms with Gasteiger partial charge in [0.15, 0.2) is 6.10 Å². The molecular weight excluding hydrogens is 284 g/mol. The van der Waals surface area contributed by atoms with E-state index in [1.807, 2.05) is 0 Å². The van der Waals surface area contributed by atoms with Crippen LogP contribution in [-0.4, -0.2) is 11.7 Å². The van der Waals surface area contributed by atoms with Crippen LogP contribution >= 0.6 is 0 Å². The Kier molecular flexibility index (Phi) is 2.58. The summed E-state index contributed by atoms with van der Waals surface area (Å²) in [5, 5.41) is 18.9. The van der Waals surface area contributed by atoms with E-state index < -0.39 is 6.10 Å². The molecule has 0 aromatic heterocycles. The van der Waals surface area contributed by atoms with Gasteiger partial charge in [0, 0.05) is 0 Å². The van der Waals surface area contributed by atoms with Gasteiger partial charge in [-0.05, 0) is 60.8 Å². The van der Waals surface area contributed by atoms with Crippen LogP contribution in [0, 0.1) is 46.3 Å². The zero-order valence-electron chi connectivity index (χ0n) is 13.1. The monoisotopic (exact) mass is 304 g/mol. The Labute approximate surface area is 136 Å². The molecule has 5 aliphatic rings. The van der Waals surface area contributed by atoms with E-state index in [0.717, 1.165) is 18.8 Å². The lowest BCUT2D eigenvalue weighted by molar-refractivity contribution is -0.319. The molecule has 4 bridgehead atoms. The van der Waals surface area contributed by atoms with Crippen molar-refractivity contribution in [1.82, 2.24) is 0 Å². The molecule has 1 aliphatic heterocycles. The predicted molar refractivity (Wildman–Crippen MR) is 84.0 cm³/mol. The largest absolute Gasteiger partial charge is 0.353 e. The molecule has 1 aromatic carbocycles. The van der Waals surface area contributed by atoms with Crippen LogP contribution in [0.5, 0.6) is 0 Å². The highest BCUT2D eigenvalue weighted by Crippen LogP contribution is 2.69. The van der Waals surface area contributed by atoms with Crippen molar-refractivity contribution in [2.24, 2.45) is 23.7 Å². The first-order valence-corrected chi connectivity index (χ1v) is 8.74. The van der Waals surface area contributed by atoms with E-state index in [2.05, 4.69) is 42.5 Å². The molecule has 6 rings (SSSR count). The fraction of sp³-hybridized carbons (Fsp3) is 0.600. The van der Waals surface area contributed by atoms with Crippen molar-refractivity contribution in [3.63, 3.8) is 0 Å². The van der Waals surface area contributed by atoms with E-state index in [1.54, 1.807) is 0 Å². The van der Waals surface area contributed by atoms with Gasteiger partial charge in [-0.2, -0.15) is 10.5 Å². The maximum absolute atomic E-state index is 9.64. The summed E-state index contributed by atoms with van der Waals surface area (Å²) in [7, 11) is 0. The quantitative estimate of drug-likeness (QED) is 0.797. The number of nitrogens with zero attached hydrogens (tertiary/aromatic N) is 2. The van der Waals surface area contributed by atoms with Gasteiger partial charge < -0.3 is 4.74 Å². The number of benzene rings is 1. The summed E-state index contributed by atoms with van der Waals surface area (Å²) in [6.45, 7) is 0. The summed E-state index contributed by atoms with van der Waals surface area (Å²) in [6.07, 6.45) is 5.40. The van der Waals surface area contributed by atoms with Crippen LogP contribution in [0.25, 0.3) is 0 Å². The molecule has 1 spiro atoms. The average Bonchev–Trinajstić information content (AvgIpc) is 2.54. The summed E-state index contributed by atoms with van der Waals surface area (Å²) in [5.74, 6) is 1.43. The van der Waals surface area contributed by atoms with E-state index in [4.69, 9.17) is 4.74 Å². The topological polar surface area (TPSA) is 56.8 Å². The Morgan fingerprint density at radius 2 is 1.65 bits per heavy atom. The minimum absolute atomic E-state index is 0.227. The Morgan fingerprint density at radius 1 is 0.957 bits per heavy atom. The normalized spacial score (nSPS) is 49.4. The van der Waals surface area contributed by atoms with Gasteiger partial charge in [0.1, 0.15) is 5.92 Å². The van der Waals surface area contributed by atoms with Gasteiger partial charge >= 0.3 is 0 Å². The van der Waals surface area contributed by atoms with E-state index in [0.29, 0.717) is 11.8 Å². The second-order valence-electron chi connectivity index (χ2n) is 8.12. The van der Waals surface area contributed by atoms with Crippen molar-refractivity contribution in [3.8, 4) is 12.1 Å². The molecule has 1 heterocycles. The molecule has 4 saturated carbocycles. The molecule has 23 heavy (non-hydrogen) atoms. The summed E-state index contributed by atoms with van der Waals surface area (Å²) < 4.78 is 6.15. The summed E-state index contributed by atoms with van der Waals surface area (Å²) in [6, 6.07) is 15.5. The Hall–Kier alpha value is -1.84. The fourth-order valence-corrected chi connectivity index (χ4v) is 6.64. The zero-order chi connectivity index (χ0) is 15.7. The van der Waals surface area contributed by atoms with Gasteiger partial charge in [-0.1, -0.05) is 30.3 Å². The first kappa shape index (κ1) is 13.6. The smallest absolute Gasteiger partial charge is 0.163 e. The van der Waals surface area contributed by atoms with Crippen molar-refractivity contribution in [3.05, 3.63) is 35.9 Å². The van der Waals surface area contributed by atoms with Crippen LogP contribution < -0.4 is 0 Å². The molecule has 3 unspecified atom stereocenters. The molecule has 4 aliphatic carbocycles. The molecule has 0 radical (unpaired) electrons. The van der Waals surface area contributed by atoms with E-state index in [9.17, 15) is 10.5 Å². The highest BCUT2D eigenvalue weighted by molar-refractivity contribution is 5.34. The van der Waals surface area contributed by atoms with Crippen LogP contribution in [-0.2, 0) is 10.2 Å². The molecule has 116 valence electrons. The molecule has 1 aromatic rings. The Morgan fingerprint density at radius 3 is 2.26 bits per heavy atom. The molecule has 0 N–H and O–H groups in total. The molecule has 0 amide bonds. The molecule has 5 fully saturated rings. The molecule has 7 atom stereocenters. The van der Waals surface area contributed by atoms with Gasteiger partial charge in [-0.25, -0.2) is 0 Å². The predicted octanol–water partition coefficient (Wildman–Crippen LogP) is 3.57. The van der Waals surface area contributed by atoms with Gasteiger partial charge in [-0.15, -0.1) is 0 Å². The SMILES string of the molecule is N#C[C@@H]1[C@@H](C#N)OC12[C@@H]1CC3C[C@H]2CC(c2ccccc2)(C3)C1. The van der Waals surface area contributed by atoms with E-state index in [1.165, 1.54) is 24.8 Å². The molecular formula is C20H20N2O. The van der Waals surface area contributed by atoms with Crippen LogP contribution in [0.15, 0.2) is 30.3 Å². The lowest BCUT2D eigenvalue weighted by Crippen LogP contribution is -2.74. The Balaban J connectivity index is 1.55. The van der Waals surface area contributed by atoms with Gasteiger partial charge in [0.2, 0.25) is 0 Å². The summed E-state index contributed by atoms with van der Waals surface area (Å²) in [4.78, 5) is 0. The van der Waals surface area contributed by atoms with Crippen molar-refractivity contribution >= 4 is 0 Å². The lowest BCUT2D eigenvalue weighted by Gasteiger charge is -2.70.